The molecule has 1 heterocycles. The standard InChI is InChI=1S/C20H18N2O3S/c1-14-10-12-15(13-11-14)26(23,24)22-17-7-3-2-6-16(17)20-21-18-8-4-5-9-19(18)25-20/h2-4,6-8,10-13,22H,5,9H2,1H3. The number of hydrogen-bond donors (Lipinski definition) is 1. The fourth-order valence-electron chi connectivity index (χ4n) is 2.88. The molecule has 4 rings (SSSR count). The Kier molecular flexibility index (Phi) is 4.12. The summed E-state index contributed by atoms with van der Waals surface area (Å²) < 4.78 is 34.0. The molecule has 0 unspecified atom stereocenters. The van der Waals surface area contributed by atoms with Gasteiger partial charge in [-0.1, -0.05) is 35.9 Å². The summed E-state index contributed by atoms with van der Waals surface area (Å²) in [5.74, 6) is 1.25. The molecule has 132 valence electrons. The van der Waals surface area contributed by atoms with Gasteiger partial charge in [0.2, 0.25) is 5.89 Å². The molecule has 1 N–H and O–H groups in total. The highest BCUT2D eigenvalue weighted by atomic mass is 32.2. The maximum Gasteiger partial charge on any atom is 0.261 e. The lowest BCUT2D eigenvalue weighted by Crippen LogP contribution is -2.13. The minimum absolute atomic E-state index is 0.215. The molecule has 0 bridgehead atoms. The van der Waals surface area contributed by atoms with Crippen molar-refractivity contribution in [2.45, 2.75) is 24.7 Å². The first-order chi connectivity index (χ1) is 12.5. The average molecular weight is 366 g/mol. The summed E-state index contributed by atoms with van der Waals surface area (Å²) >= 11 is 0. The van der Waals surface area contributed by atoms with Gasteiger partial charge in [0.05, 0.1) is 16.1 Å². The van der Waals surface area contributed by atoms with Gasteiger partial charge in [-0.15, -0.1) is 0 Å². The summed E-state index contributed by atoms with van der Waals surface area (Å²) in [6, 6.07) is 13.8. The highest BCUT2D eigenvalue weighted by Gasteiger charge is 2.20. The first-order valence-electron chi connectivity index (χ1n) is 8.38. The highest BCUT2D eigenvalue weighted by Crippen LogP contribution is 2.32. The predicted molar refractivity (Wildman–Crippen MR) is 101 cm³/mol. The fraction of sp³-hybridized carbons (Fsp3) is 0.150. The zero-order valence-electron chi connectivity index (χ0n) is 14.3. The van der Waals surface area contributed by atoms with Gasteiger partial charge < -0.3 is 4.42 Å². The third-order valence-electron chi connectivity index (χ3n) is 4.27. The number of sulfonamides is 1. The van der Waals surface area contributed by atoms with Crippen LogP contribution in [0.25, 0.3) is 17.5 Å². The summed E-state index contributed by atoms with van der Waals surface area (Å²) in [6.07, 6.45) is 5.71. The lowest BCUT2D eigenvalue weighted by molar-refractivity contribution is 0.516. The summed E-state index contributed by atoms with van der Waals surface area (Å²) in [7, 11) is -3.70. The maximum atomic E-state index is 12.7. The number of aromatic nitrogens is 1. The number of nitrogens with zero attached hydrogens (tertiary/aromatic N) is 1. The van der Waals surface area contributed by atoms with Crippen LogP contribution < -0.4 is 4.72 Å². The number of allylic oxidation sites excluding steroid dienone is 1. The lowest BCUT2D eigenvalue weighted by Gasteiger charge is -2.11. The molecule has 1 aliphatic rings. The third kappa shape index (κ3) is 3.15. The van der Waals surface area contributed by atoms with Crippen LogP contribution in [0, 0.1) is 6.92 Å². The van der Waals surface area contributed by atoms with E-state index in [0.29, 0.717) is 17.1 Å². The monoisotopic (exact) mass is 366 g/mol. The molecule has 0 amide bonds. The van der Waals surface area contributed by atoms with Crippen LogP contribution in [0.1, 0.15) is 23.4 Å². The number of anilines is 1. The topological polar surface area (TPSA) is 72.2 Å². The van der Waals surface area contributed by atoms with Gasteiger partial charge in [0.15, 0.2) is 0 Å². The van der Waals surface area contributed by atoms with E-state index in [9.17, 15) is 8.42 Å². The van der Waals surface area contributed by atoms with Gasteiger partial charge in [0, 0.05) is 6.42 Å². The van der Waals surface area contributed by atoms with Crippen molar-refractivity contribution in [1.29, 1.82) is 0 Å². The summed E-state index contributed by atoms with van der Waals surface area (Å²) in [6.45, 7) is 1.91. The van der Waals surface area contributed by atoms with E-state index in [4.69, 9.17) is 4.42 Å². The Morgan fingerprint density at radius 2 is 1.85 bits per heavy atom. The molecule has 0 spiro atoms. The molecule has 1 aromatic heterocycles. The Morgan fingerprint density at radius 3 is 2.62 bits per heavy atom. The van der Waals surface area contributed by atoms with Crippen molar-refractivity contribution in [3.8, 4) is 11.5 Å². The van der Waals surface area contributed by atoms with Crippen LogP contribution in [0.3, 0.4) is 0 Å². The number of aryl methyl sites for hydroxylation is 2. The molecule has 6 heteroatoms. The van der Waals surface area contributed by atoms with Crippen LogP contribution in [0.15, 0.2) is 63.9 Å². The van der Waals surface area contributed by atoms with Gasteiger partial charge in [0.25, 0.3) is 10.0 Å². The van der Waals surface area contributed by atoms with Gasteiger partial charge >= 0.3 is 0 Å². The smallest absolute Gasteiger partial charge is 0.261 e. The molecular weight excluding hydrogens is 348 g/mol. The molecule has 2 aromatic carbocycles. The molecule has 5 nitrogen and oxygen atoms in total. The summed E-state index contributed by atoms with van der Waals surface area (Å²) in [5.41, 5.74) is 2.87. The van der Waals surface area contributed by atoms with E-state index < -0.39 is 10.0 Å². The maximum absolute atomic E-state index is 12.7. The molecule has 26 heavy (non-hydrogen) atoms. The van der Waals surface area contributed by atoms with Crippen LogP contribution in [0.2, 0.25) is 0 Å². The van der Waals surface area contributed by atoms with Crippen molar-refractivity contribution >= 4 is 21.8 Å². The Hall–Kier alpha value is -2.86. The van der Waals surface area contributed by atoms with Crippen molar-refractivity contribution in [1.82, 2.24) is 4.98 Å². The second-order valence-corrected chi connectivity index (χ2v) is 7.92. The van der Waals surface area contributed by atoms with Gasteiger partial charge in [0.1, 0.15) is 11.5 Å². The SMILES string of the molecule is Cc1ccc(S(=O)(=O)Nc2ccccc2-c2nc3c(o2)CCC=C3)cc1. The van der Waals surface area contributed by atoms with Crippen molar-refractivity contribution < 1.29 is 12.8 Å². The number of rotatable bonds is 4. The van der Waals surface area contributed by atoms with Crippen molar-refractivity contribution in [3.05, 3.63) is 71.6 Å². The second kappa shape index (κ2) is 6.46. The number of nitrogens with one attached hydrogen (secondary N) is 1. The van der Waals surface area contributed by atoms with E-state index in [-0.39, 0.29) is 4.90 Å². The molecule has 0 aliphatic heterocycles. The fourth-order valence-corrected chi connectivity index (χ4v) is 3.96. The molecule has 0 saturated carbocycles. The zero-order chi connectivity index (χ0) is 18.1. The first-order valence-corrected chi connectivity index (χ1v) is 9.86. The number of benzene rings is 2. The van der Waals surface area contributed by atoms with E-state index in [1.54, 1.807) is 42.5 Å². The summed E-state index contributed by atoms with van der Waals surface area (Å²) in [4.78, 5) is 4.72. The van der Waals surface area contributed by atoms with Crippen molar-refractivity contribution in [2.75, 3.05) is 4.72 Å². The van der Waals surface area contributed by atoms with Crippen molar-refractivity contribution in [2.24, 2.45) is 0 Å². The minimum Gasteiger partial charge on any atom is -0.440 e. The molecular formula is C20H18N2O3S. The Morgan fingerprint density at radius 1 is 1.08 bits per heavy atom. The number of oxazole rings is 1. The molecule has 0 radical (unpaired) electrons. The van der Waals surface area contributed by atoms with E-state index in [1.165, 1.54) is 0 Å². The number of hydrogen-bond acceptors (Lipinski definition) is 4. The Balaban J connectivity index is 1.71. The zero-order valence-corrected chi connectivity index (χ0v) is 15.1. The number of fused-ring (bicyclic) bond motifs is 1. The van der Waals surface area contributed by atoms with Gasteiger partial charge in [-0.25, -0.2) is 13.4 Å². The molecule has 1 aliphatic carbocycles. The minimum atomic E-state index is -3.70. The molecule has 0 fully saturated rings. The first kappa shape index (κ1) is 16.6. The van der Waals surface area contributed by atoms with Crippen LogP contribution in [-0.4, -0.2) is 13.4 Å². The number of para-hydroxylation sites is 1. The molecule has 0 saturated heterocycles. The van der Waals surface area contributed by atoms with Crippen LogP contribution >= 0.6 is 0 Å². The summed E-state index contributed by atoms with van der Waals surface area (Å²) in [5, 5.41) is 0. The quantitative estimate of drug-likeness (QED) is 0.742. The van der Waals surface area contributed by atoms with E-state index in [2.05, 4.69) is 15.8 Å². The Labute approximate surface area is 152 Å². The second-order valence-electron chi connectivity index (χ2n) is 6.23. The van der Waals surface area contributed by atoms with Crippen LogP contribution in [-0.2, 0) is 16.4 Å². The lowest BCUT2D eigenvalue weighted by atomic mass is 10.1. The Bertz CT molecular complexity index is 1080. The predicted octanol–water partition coefficient (Wildman–Crippen LogP) is 4.41. The van der Waals surface area contributed by atoms with Crippen LogP contribution in [0.4, 0.5) is 5.69 Å². The highest BCUT2D eigenvalue weighted by molar-refractivity contribution is 7.92. The van der Waals surface area contributed by atoms with Crippen LogP contribution in [0.5, 0.6) is 0 Å². The van der Waals surface area contributed by atoms with E-state index in [0.717, 1.165) is 29.9 Å². The normalized spacial score (nSPS) is 13.4. The molecule has 0 atom stereocenters. The van der Waals surface area contributed by atoms with Crippen molar-refractivity contribution in [3.63, 3.8) is 0 Å². The average Bonchev–Trinajstić information content (AvgIpc) is 3.06. The largest absolute Gasteiger partial charge is 0.440 e. The van der Waals surface area contributed by atoms with E-state index in [1.807, 2.05) is 19.1 Å². The van der Waals surface area contributed by atoms with Gasteiger partial charge in [-0.05, 0) is 43.7 Å². The van der Waals surface area contributed by atoms with Gasteiger partial charge in [-0.2, -0.15) is 0 Å². The van der Waals surface area contributed by atoms with Gasteiger partial charge in [-0.3, -0.25) is 4.72 Å². The third-order valence-corrected chi connectivity index (χ3v) is 5.66. The van der Waals surface area contributed by atoms with E-state index >= 15 is 0 Å². The molecule has 3 aromatic rings.